The number of benzene rings is 1. The van der Waals surface area contributed by atoms with Crippen LogP contribution in [0, 0.1) is 0 Å². The SMILES string of the molecule is Nc1cc(Cl)ccc1NC1CC=CCC1. The molecule has 3 N–H and O–H groups in total. The zero-order valence-electron chi connectivity index (χ0n) is 8.54. The minimum Gasteiger partial charge on any atom is -0.397 e. The molecule has 0 saturated heterocycles. The minimum atomic E-state index is 0.499. The maximum atomic E-state index is 5.87. The van der Waals surface area contributed by atoms with Gasteiger partial charge in [0.15, 0.2) is 0 Å². The lowest BCUT2D eigenvalue weighted by atomic mass is 10.0. The van der Waals surface area contributed by atoms with Gasteiger partial charge in [-0.15, -0.1) is 0 Å². The smallest absolute Gasteiger partial charge is 0.0577 e. The van der Waals surface area contributed by atoms with E-state index < -0.39 is 0 Å². The van der Waals surface area contributed by atoms with Gasteiger partial charge in [-0.25, -0.2) is 0 Å². The van der Waals surface area contributed by atoms with Crippen molar-refractivity contribution in [1.29, 1.82) is 0 Å². The quantitative estimate of drug-likeness (QED) is 0.594. The van der Waals surface area contributed by atoms with Gasteiger partial charge in [0.05, 0.1) is 11.4 Å². The van der Waals surface area contributed by atoms with Gasteiger partial charge < -0.3 is 11.1 Å². The number of nitrogen functional groups attached to an aromatic ring is 1. The molecule has 15 heavy (non-hydrogen) atoms. The van der Waals surface area contributed by atoms with Crippen molar-refractivity contribution < 1.29 is 0 Å². The summed E-state index contributed by atoms with van der Waals surface area (Å²) < 4.78 is 0. The fourth-order valence-corrected chi connectivity index (χ4v) is 1.99. The lowest BCUT2D eigenvalue weighted by Gasteiger charge is -2.21. The molecule has 0 spiro atoms. The molecule has 1 aromatic rings. The van der Waals surface area contributed by atoms with Crippen molar-refractivity contribution in [3.63, 3.8) is 0 Å². The van der Waals surface area contributed by atoms with Crippen LogP contribution in [0.4, 0.5) is 11.4 Å². The van der Waals surface area contributed by atoms with Crippen molar-refractivity contribution in [3.8, 4) is 0 Å². The van der Waals surface area contributed by atoms with Crippen LogP contribution >= 0.6 is 11.6 Å². The average Bonchev–Trinajstić information content (AvgIpc) is 2.24. The van der Waals surface area contributed by atoms with Crippen LogP contribution in [0.15, 0.2) is 30.4 Å². The topological polar surface area (TPSA) is 38.0 Å². The van der Waals surface area contributed by atoms with E-state index in [1.54, 1.807) is 6.07 Å². The van der Waals surface area contributed by atoms with Crippen LogP contribution in [0.2, 0.25) is 5.02 Å². The first kappa shape index (κ1) is 10.4. The summed E-state index contributed by atoms with van der Waals surface area (Å²) in [5, 5.41) is 4.12. The number of anilines is 2. The summed E-state index contributed by atoms with van der Waals surface area (Å²) in [5.74, 6) is 0. The van der Waals surface area contributed by atoms with E-state index >= 15 is 0 Å². The monoisotopic (exact) mass is 222 g/mol. The third kappa shape index (κ3) is 2.66. The normalized spacial score (nSPS) is 20.2. The molecule has 0 aliphatic heterocycles. The van der Waals surface area contributed by atoms with E-state index in [0.717, 1.165) is 24.2 Å². The second kappa shape index (κ2) is 4.58. The van der Waals surface area contributed by atoms with Gasteiger partial charge in [-0.2, -0.15) is 0 Å². The first-order valence-corrected chi connectivity index (χ1v) is 5.60. The van der Waals surface area contributed by atoms with Crippen LogP contribution < -0.4 is 11.1 Å². The van der Waals surface area contributed by atoms with Crippen LogP contribution in [0.25, 0.3) is 0 Å². The third-order valence-electron chi connectivity index (χ3n) is 2.64. The largest absolute Gasteiger partial charge is 0.397 e. The Hall–Kier alpha value is -1.15. The van der Waals surface area contributed by atoms with Crippen LogP contribution in [0.5, 0.6) is 0 Å². The zero-order valence-corrected chi connectivity index (χ0v) is 9.30. The van der Waals surface area contributed by atoms with Gasteiger partial charge in [-0.1, -0.05) is 23.8 Å². The standard InChI is InChI=1S/C12H15ClN2/c13-9-6-7-12(11(14)8-9)15-10-4-2-1-3-5-10/h1-2,6-8,10,15H,3-5,14H2. The summed E-state index contributed by atoms with van der Waals surface area (Å²) in [6.07, 6.45) is 7.82. The molecule has 0 fully saturated rings. The molecular formula is C12H15ClN2. The molecule has 2 rings (SSSR count). The molecule has 1 aliphatic carbocycles. The summed E-state index contributed by atoms with van der Waals surface area (Å²) in [6, 6.07) is 6.08. The molecule has 0 saturated carbocycles. The van der Waals surface area contributed by atoms with Crippen molar-refractivity contribution >= 4 is 23.0 Å². The molecule has 0 heterocycles. The zero-order chi connectivity index (χ0) is 10.7. The highest BCUT2D eigenvalue weighted by molar-refractivity contribution is 6.31. The number of halogens is 1. The fourth-order valence-electron chi connectivity index (χ4n) is 1.81. The lowest BCUT2D eigenvalue weighted by molar-refractivity contribution is 0.645. The van der Waals surface area contributed by atoms with Crippen molar-refractivity contribution in [2.24, 2.45) is 0 Å². The Morgan fingerprint density at radius 1 is 1.33 bits per heavy atom. The Morgan fingerprint density at radius 2 is 2.20 bits per heavy atom. The molecule has 80 valence electrons. The third-order valence-corrected chi connectivity index (χ3v) is 2.88. The number of rotatable bonds is 2. The van der Waals surface area contributed by atoms with Crippen LogP contribution in [-0.2, 0) is 0 Å². The maximum absolute atomic E-state index is 5.87. The van der Waals surface area contributed by atoms with Crippen LogP contribution in [0.3, 0.4) is 0 Å². The van der Waals surface area contributed by atoms with Crippen LogP contribution in [0.1, 0.15) is 19.3 Å². The second-order valence-electron chi connectivity index (χ2n) is 3.86. The van der Waals surface area contributed by atoms with E-state index in [1.807, 2.05) is 12.1 Å². The van der Waals surface area contributed by atoms with Crippen molar-refractivity contribution in [1.82, 2.24) is 0 Å². The van der Waals surface area contributed by atoms with Crippen LogP contribution in [-0.4, -0.2) is 6.04 Å². The molecule has 1 aromatic carbocycles. The van der Waals surface area contributed by atoms with Crippen molar-refractivity contribution in [2.75, 3.05) is 11.1 Å². The Bertz CT molecular complexity index is 374. The molecular weight excluding hydrogens is 208 g/mol. The van der Waals surface area contributed by atoms with Gasteiger partial charge in [0.2, 0.25) is 0 Å². The number of hydrogen-bond acceptors (Lipinski definition) is 2. The Labute approximate surface area is 95.1 Å². The molecule has 3 heteroatoms. The predicted octanol–water partition coefficient (Wildman–Crippen LogP) is 3.44. The average molecular weight is 223 g/mol. The summed E-state index contributed by atoms with van der Waals surface area (Å²) in [6.45, 7) is 0. The second-order valence-corrected chi connectivity index (χ2v) is 4.29. The molecule has 0 aromatic heterocycles. The molecule has 1 atom stereocenters. The number of nitrogens with two attached hydrogens (primary N) is 1. The Balaban J connectivity index is 2.06. The van der Waals surface area contributed by atoms with Gasteiger partial charge in [0.1, 0.15) is 0 Å². The van der Waals surface area contributed by atoms with E-state index in [1.165, 1.54) is 6.42 Å². The predicted molar refractivity (Wildman–Crippen MR) is 66.3 cm³/mol. The van der Waals surface area contributed by atoms with Gasteiger partial charge >= 0.3 is 0 Å². The van der Waals surface area contributed by atoms with Crippen molar-refractivity contribution in [2.45, 2.75) is 25.3 Å². The van der Waals surface area contributed by atoms with E-state index in [0.29, 0.717) is 11.1 Å². The molecule has 0 amide bonds. The highest BCUT2D eigenvalue weighted by Crippen LogP contribution is 2.25. The number of hydrogen-bond donors (Lipinski definition) is 2. The van der Waals surface area contributed by atoms with Gasteiger partial charge in [-0.05, 0) is 37.5 Å². The van der Waals surface area contributed by atoms with Gasteiger partial charge in [-0.3, -0.25) is 0 Å². The highest BCUT2D eigenvalue weighted by Gasteiger charge is 2.10. The highest BCUT2D eigenvalue weighted by atomic mass is 35.5. The molecule has 1 aliphatic rings. The number of nitrogens with one attached hydrogen (secondary N) is 1. The Morgan fingerprint density at radius 3 is 2.87 bits per heavy atom. The van der Waals surface area contributed by atoms with E-state index in [9.17, 15) is 0 Å². The molecule has 0 radical (unpaired) electrons. The first-order chi connectivity index (χ1) is 7.25. The summed E-state index contributed by atoms with van der Waals surface area (Å²) in [4.78, 5) is 0. The summed E-state index contributed by atoms with van der Waals surface area (Å²) in [7, 11) is 0. The lowest BCUT2D eigenvalue weighted by Crippen LogP contribution is -2.20. The van der Waals surface area contributed by atoms with E-state index in [-0.39, 0.29) is 0 Å². The Kier molecular flexibility index (Phi) is 3.17. The van der Waals surface area contributed by atoms with Gasteiger partial charge in [0, 0.05) is 11.1 Å². The van der Waals surface area contributed by atoms with E-state index in [2.05, 4.69) is 17.5 Å². The summed E-state index contributed by atoms with van der Waals surface area (Å²) >= 11 is 5.84. The summed E-state index contributed by atoms with van der Waals surface area (Å²) in [5.41, 5.74) is 7.58. The first-order valence-electron chi connectivity index (χ1n) is 5.22. The maximum Gasteiger partial charge on any atom is 0.0577 e. The van der Waals surface area contributed by atoms with Gasteiger partial charge in [0.25, 0.3) is 0 Å². The molecule has 0 bridgehead atoms. The fraction of sp³-hybridized carbons (Fsp3) is 0.333. The minimum absolute atomic E-state index is 0.499. The number of allylic oxidation sites excluding steroid dienone is 1. The molecule has 2 nitrogen and oxygen atoms in total. The van der Waals surface area contributed by atoms with E-state index in [4.69, 9.17) is 17.3 Å². The van der Waals surface area contributed by atoms with Crippen molar-refractivity contribution in [3.05, 3.63) is 35.4 Å². The molecule has 1 unspecified atom stereocenters.